The Kier molecular flexibility index (Phi) is 30.0. The minimum atomic E-state index is -3.99. The van der Waals surface area contributed by atoms with E-state index in [0.29, 0.717) is 68.3 Å². The summed E-state index contributed by atoms with van der Waals surface area (Å²) in [6.45, 7) is 5.73. The first-order chi connectivity index (χ1) is 67.1. The molecular formula is C86H99N24O29P. The maximum atomic E-state index is 13.1. The Morgan fingerprint density at radius 1 is 0.464 bits per heavy atom. The number of nitrogens with zero attached hydrogens (tertiary/aromatic N) is 23. The lowest BCUT2D eigenvalue weighted by Crippen LogP contribution is -2.44. The Morgan fingerprint density at radius 2 is 0.836 bits per heavy atom. The number of hydrogen-bond donors (Lipinski definition) is 19. The molecule has 0 saturated carbocycles. The average molecular weight is 1960 g/mol. The van der Waals surface area contributed by atoms with Gasteiger partial charge in [0.25, 0.3) is 0 Å². The fourth-order valence-corrected chi connectivity index (χ4v) is 19.2. The topological polar surface area (TPSA) is 777 Å². The number of nitrogens with two attached hydrogens (primary N) is 1. The highest BCUT2D eigenvalue weighted by Gasteiger charge is 2.63. The van der Waals surface area contributed by atoms with Crippen molar-refractivity contribution in [3.63, 3.8) is 0 Å². The summed E-state index contributed by atoms with van der Waals surface area (Å²) in [6.07, 6.45) is -6.15. The molecule has 0 aromatic carbocycles. The number of aromatic nitrogens is 18. The van der Waals surface area contributed by atoms with Crippen LogP contribution in [0.3, 0.4) is 0 Å². The standard InChI is InChI=1S/C21H22N5O7P.C14H15N3O4.C13H14N4O4.2C13H17N3O5.C12H14N6O4/c1-13-15-2-3-18(26(15)25-12-24-13)21(11-22)20(28)19(27)17(32-21)10-31-34(29)30-9-6-16(33-34)14-4-7-23-8-5-14;1-3-14(13(20)12(19)10(6-18)21-14)11-5-4-9-8(2)15-7-16-17(9)11;1-7-8-2-3-10(17(8)16-6-15-7)13(5-14)12(20)11(19)9(4-18)21-13;1-7-8-3-4-10(16(8)15-6-14-7)13(20-2)12(19)11(18)9(5-17)21-13;14-7-3-4-15-16-8(7)1-2-10(16)13(6-18)12(20)11(19)9(5-17)21-13;1-6-7-2-3-9(18(7)15-5-14-6)12(16-17-13)11(21)10(20)8(4-19)22-12/h2-5,7-8,12,16-17,19-20,27-28H,6,9-10H2,1H3;1,4-5,7,10,12-13,18-20H,6H2,2H3;2-3,6,9,11-12,18-20H,4H2,1H3;3-4,6,9,11-12,17-19H,5H2,1-2H3;1-4,9,11-12,17-20H,5-6,14H2;2-3,5,8,10-11,19-21H,4H2,1H3/t16-,17+,19+,20+,21-,34+;10-,12-,13-,14+;3*9-,11-,12-,13+;8-,10-,11-,12+/m011111/s1. The van der Waals surface area contributed by atoms with Gasteiger partial charge in [-0.25, -0.2) is 56.6 Å². The molecule has 0 bridgehead atoms. The van der Waals surface area contributed by atoms with Crippen molar-refractivity contribution in [3.8, 4) is 24.5 Å². The maximum Gasteiger partial charge on any atom is 0.475 e. The number of anilines is 1. The SMILES string of the molecule is C#C[C@@]1(c2ccc3c(C)ncnn23)O[C@H](CO)[C@@H](O)[C@H]1O.CO[C@@]1(c2ccc3c(C)ncnn23)O[C@H](CO)[C@@H](O)[C@H]1O.Cc1ncnn2c([C@]3(C#N)O[C@H](CO)[C@@H](O)[C@H]3O)ccc12.Cc1ncnn2c([C@]3(C#N)O[C@H](CO[P@@]4(=O)OCC[C@@H](c5ccncc5)O4)[C@@H](O)[C@H]3O)ccc12.Cc1ncnn2c([C@]3(N=[N+]=[N-])O[C@H](CO)[C@@H](O)[C@H]3O)ccc12.Nc1ccnn2c([C@]3(CO)O[C@H](CO)[C@@H](O)[C@H]3O)ccc12. The largest absolute Gasteiger partial charge is 0.475 e. The molecule has 13 aromatic heterocycles. The van der Waals surface area contributed by atoms with Crippen molar-refractivity contribution in [1.82, 2.24) is 87.6 Å². The van der Waals surface area contributed by atoms with Gasteiger partial charge in [-0.3, -0.25) is 18.6 Å². The normalized spacial score (nSPS) is 32.7. The van der Waals surface area contributed by atoms with E-state index in [1.54, 1.807) is 129 Å². The number of aliphatic hydroxyl groups excluding tert-OH is 18. The van der Waals surface area contributed by atoms with Gasteiger partial charge in [0.15, 0.2) is 11.2 Å². The molecule has 53 nitrogen and oxygen atoms in total. The van der Waals surface area contributed by atoms with Crippen LogP contribution in [0.25, 0.3) is 43.5 Å². The molecule has 54 heteroatoms. The van der Waals surface area contributed by atoms with E-state index in [2.05, 4.69) is 76.4 Å². The molecule has 7 aliphatic heterocycles. The number of nitriles is 2. The molecule has 13 aromatic rings. The number of terminal acetylenes is 1. The van der Waals surface area contributed by atoms with Crippen LogP contribution < -0.4 is 5.73 Å². The molecule has 7 saturated heterocycles. The number of aryl methyl sites for hydroxylation is 5. The Balaban J connectivity index is 0.000000128. The molecule has 0 unspecified atom stereocenters. The van der Waals surface area contributed by atoms with E-state index in [0.717, 1.165) is 28.0 Å². The predicted octanol–water partition coefficient (Wildman–Crippen LogP) is -3.80. The van der Waals surface area contributed by atoms with Crippen LogP contribution in [0.2, 0.25) is 0 Å². The molecule has 140 heavy (non-hydrogen) atoms. The molecule has 0 amide bonds. The number of ether oxygens (including phenoxy) is 7. The number of azide groups is 1. The highest BCUT2D eigenvalue weighted by Crippen LogP contribution is 2.58. The Morgan fingerprint density at radius 3 is 1.26 bits per heavy atom. The van der Waals surface area contributed by atoms with E-state index in [1.807, 2.05) is 26.0 Å². The molecule has 20 heterocycles. The Hall–Kier alpha value is -12.3. The lowest BCUT2D eigenvalue weighted by Gasteiger charge is -2.29. The number of fused-ring (bicyclic) bond motifs is 6. The van der Waals surface area contributed by atoms with Crippen LogP contribution in [0.15, 0.2) is 146 Å². The van der Waals surface area contributed by atoms with Crippen LogP contribution in [0.1, 0.15) is 80.7 Å². The van der Waals surface area contributed by atoms with Crippen molar-refractivity contribution in [2.75, 3.05) is 65.7 Å². The first-order valence-electron chi connectivity index (χ1n) is 43.1. The van der Waals surface area contributed by atoms with Gasteiger partial charge in [-0.05, 0) is 142 Å². The molecular weight excluding hydrogens is 1860 g/mol. The third kappa shape index (κ3) is 17.4. The predicted molar refractivity (Wildman–Crippen MR) is 471 cm³/mol. The summed E-state index contributed by atoms with van der Waals surface area (Å²) in [5.41, 5.74) is 16.7. The zero-order valence-corrected chi connectivity index (χ0v) is 75.9. The summed E-state index contributed by atoms with van der Waals surface area (Å²) in [5, 5.41) is 227. The van der Waals surface area contributed by atoms with Crippen molar-refractivity contribution < 1.29 is 143 Å². The van der Waals surface area contributed by atoms with Gasteiger partial charge >= 0.3 is 7.82 Å². The summed E-state index contributed by atoms with van der Waals surface area (Å²) in [7, 11) is -2.63. The van der Waals surface area contributed by atoms with Gasteiger partial charge in [-0.1, -0.05) is 5.92 Å². The third-order valence-electron chi connectivity index (χ3n) is 25.4. The second-order valence-corrected chi connectivity index (χ2v) is 34.8. The second-order valence-electron chi connectivity index (χ2n) is 33.2. The molecule has 0 aliphatic carbocycles. The van der Waals surface area contributed by atoms with E-state index in [4.69, 9.17) is 64.4 Å². The van der Waals surface area contributed by atoms with Crippen LogP contribution in [-0.4, -0.2) is 349 Å². The zero-order chi connectivity index (χ0) is 101. The Labute approximate surface area is 790 Å². The van der Waals surface area contributed by atoms with Crippen molar-refractivity contribution in [1.29, 1.82) is 10.5 Å². The Bertz CT molecular complexity index is 6620. The fourth-order valence-electron chi connectivity index (χ4n) is 17.8. The average Bonchev–Trinajstić information content (AvgIpc) is 1.60. The van der Waals surface area contributed by atoms with E-state index in [-0.39, 0.29) is 23.7 Å². The fraction of sp³-hybridized carbons (Fsp3) is 0.465. The summed E-state index contributed by atoms with van der Waals surface area (Å²) in [5.74, 6) is 0.814. The van der Waals surface area contributed by atoms with Crippen LogP contribution in [0, 0.1) is 69.6 Å². The van der Waals surface area contributed by atoms with Crippen LogP contribution >= 0.6 is 7.82 Å². The lowest BCUT2D eigenvalue weighted by atomic mass is 9.92. The molecule has 0 radical (unpaired) electrons. The zero-order valence-electron chi connectivity index (χ0n) is 75.0. The van der Waals surface area contributed by atoms with E-state index < -0.39 is 204 Å². The van der Waals surface area contributed by atoms with Gasteiger partial charge in [-0.15, -0.1) is 6.42 Å². The number of phosphoric acid groups is 1. The number of aliphatic hydroxyl groups is 18. The van der Waals surface area contributed by atoms with Crippen molar-refractivity contribution >= 4 is 46.6 Å². The van der Waals surface area contributed by atoms with E-state index in [9.17, 15) is 107 Å². The smallest absolute Gasteiger partial charge is 0.397 e. The van der Waals surface area contributed by atoms with Crippen LogP contribution in [0.4, 0.5) is 5.69 Å². The number of pyridine rings is 1. The van der Waals surface area contributed by atoms with Gasteiger partial charge in [0, 0.05) is 37.0 Å². The minimum Gasteiger partial charge on any atom is -0.397 e. The quantitative estimate of drug-likeness (QED) is 0.0129. The lowest BCUT2D eigenvalue weighted by molar-refractivity contribution is -0.259. The van der Waals surface area contributed by atoms with Gasteiger partial charge in [0.2, 0.25) is 22.7 Å². The monoisotopic (exact) mass is 1960 g/mol. The molecule has 20 N–H and O–H groups in total. The maximum absolute atomic E-state index is 13.1. The highest BCUT2D eigenvalue weighted by molar-refractivity contribution is 7.48. The van der Waals surface area contributed by atoms with Crippen LogP contribution in [-0.2, 0) is 85.2 Å². The molecule has 7 aliphatic rings. The van der Waals surface area contributed by atoms with Gasteiger partial charge in [0.1, 0.15) is 159 Å². The summed E-state index contributed by atoms with van der Waals surface area (Å²) < 4.78 is 77.2. The summed E-state index contributed by atoms with van der Waals surface area (Å²) in [6, 6.07) is 29.0. The van der Waals surface area contributed by atoms with Gasteiger partial charge in [0.05, 0.1) is 155 Å². The summed E-state index contributed by atoms with van der Waals surface area (Å²) in [4.78, 5) is 27.1. The molecule has 7 fully saturated rings. The third-order valence-corrected chi connectivity index (χ3v) is 26.9. The number of rotatable bonds is 18. The second kappa shape index (κ2) is 41.1. The number of methoxy groups -OCH3 is 1. The molecule has 0 spiro atoms. The summed E-state index contributed by atoms with van der Waals surface area (Å²) >= 11 is 0. The molecule has 742 valence electrons. The molecule has 26 atom stereocenters. The number of phosphoric ester groups is 1. The van der Waals surface area contributed by atoms with E-state index in [1.165, 1.54) is 67.5 Å². The first-order valence-corrected chi connectivity index (χ1v) is 44.6. The molecule has 20 rings (SSSR count). The van der Waals surface area contributed by atoms with E-state index >= 15 is 0 Å². The minimum absolute atomic E-state index is 0.137. The van der Waals surface area contributed by atoms with Crippen molar-refractivity contribution in [3.05, 3.63) is 220 Å². The van der Waals surface area contributed by atoms with Gasteiger partial charge < -0.3 is 131 Å². The van der Waals surface area contributed by atoms with Gasteiger partial charge in [-0.2, -0.15) is 41.1 Å². The van der Waals surface area contributed by atoms with Crippen LogP contribution in [0.5, 0.6) is 0 Å². The number of nitrogen functional groups attached to an aromatic ring is 1. The first kappa shape index (κ1) is 102. The number of hydrogen-bond acceptors (Lipinski definition) is 45. The van der Waals surface area contributed by atoms with Crippen molar-refractivity contribution in [2.24, 2.45) is 5.11 Å². The highest BCUT2D eigenvalue weighted by atomic mass is 31.2. The van der Waals surface area contributed by atoms with Crippen molar-refractivity contribution in [2.45, 2.75) is 191 Å².